The lowest BCUT2D eigenvalue weighted by Gasteiger charge is -2.19. The van der Waals surface area contributed by atoms with Crippen molar-refractivity contribution in [2.24, 2.45) is 0 Å². The summed E-state index contributed by atoms with van der Waals surface area (Å²) >= 11 is 0. The maximum Gasteiger partial charge on any atom is 0.220 e. The van der Waals surface area contributed by atoms with Gasteiger partial charge in [-0.3, -0.25) is 4.79 Å². The average molecular weight is 820 g/mol. The summed E-state index contributed by atoms with van der Waals surface area (Å²) in [6, 6.07) is -0.638. The van der Waals surface area contributed by atoms with Crippen LogP contribution in [0.15, 0.2) is 85.1 Å². The molecule has 0 heterocycles. The average Bonchev–Trinajstić information content (AvgIpc) is 3.24. The number of nitrogens with one attached hydrogen (secondary N) is 1. The van der Waals surface area contributed by atoms with E-state index in [2.05, 4.69) is 92.1 Å². The molecule has 0 fully saturated rings. The Morgan fingerprint density at radius 3 is 1.19 bits per heavy atom. The van der Waals surface area contributed by atoms with Crippen molar-refractivity contribution in [1.29, 1.82) is 0 Å². The van der Waals surface area contributed by atoms with E-state index in [1.54, 1.807) is 6.08 Å². The molecule has 340 valence electrons. The van der Waals surface area contributed by atoms with Crippen LogP contribution in [0.2, 0.25) is 0 Å². The van der Waals surface area contributed by atoms with E-state index in [0.29, 0.717) is 6.42 Å². The molecular formula is C55H97NO3. The van der Waals surface area contributed by atoms with Gasteiger partial charge >= 0.3 is 0 Å². The second-order valence-electron chi connectivity index (χ2n) is 16.8. The van der Waals surface area contributed by atoms with Crippen LogP contribution in [-0.2, 0) is 4.79 Å². The van der Waals surface area contributed by atoms with Gasteiger partial charge in [0.2, 0.25) is 5.91 Å². The second-order valence-corrected chi connectivity index (χ2v) is 16.8. The minimum Gasteiger partial charge on any atom is -0.394 e. The van der Waals surface area contributed by atoms with Crippen LogP contribution in [-0.4, -0.2) is 34.9 Å². The van der Waals surface area contributed by atoms with Gasteiger partial charge in [0.25, 0.3) is 0 Å². The lowest BCUT2D eigenvalue weighted by atomic mass is 10.0. The van der Waals surface area contributed by atoms with E-state index in [-0.39, 0.29) is 12.5 Å². The third-order valence-corrected chi connectivity index (χ3v) is 11.1. The number of hydrogen-bond acceptors (Lipinski definition) is 3. The van der Waals surface area contributed by atoms with Crippen molar-refractivity contribution in [1.82, 2.24) is 5.32 Å². The molecule has 0 saturated heterocycles. The van der Waals surface area contributed by atoms with Gasteiger partial charge in [0.05, 0.1) is 18.8 Å². The number of unbranched alkanes of at least 4 members (excludes halogenated alkanes) is 26. The molecule has 0 bridgehead atoms. The van der Waals surface area contributed by atoms with Crippen LogP contribution >= 0.6 is 0 Å². The molecule has 0 aliphatic carbocycles. The van der Waals surface area contributed by atoms with Crippen molar-refractivity contribution in [3.8, 4) is 0 Å². The number of carbonyl (C=O) groups excluding carboxylic acids is 1. The first-order chi connectivity index (χ1) is 29.2. The van der Waals surface area contributed by atoms with Crippen LogP contribution in [0.5, 0.6) is 0 Å². The van der Waals surface area contributed by atoms with Crippen LogP contribution in [0.4, 0.5) is 0 Å². The molecule has 0 rings (SSSR count). The SMILES string of the molecule is CC/C=C\C/C=C\C/C=C\C/C=C\C/C=C\CCCCCCCCCCCCCCCCCCCCCCCC(=O)NC(CO)C(O)/C=C/CC/C=C/CCCCCC. The molecule has 0 aromatic carbocycles. The Kier molecular flexibility index (Phi) is 47.9. The molecule has 2 atom stereocenters. The first-order valence-electron chi connectivity index (χ1n) is 25.3. The fraction of sp³-hybridized carbons (Fsp3) is 0.727. The molecule has 0 saturated carbocycles. The van der Waals surface area contributed by atoms with E-state index in [0.717, 1.165) is 64.2 Å². The highest BCUT2D eigenvalue weighted by Crippen LogP contribution is 2.16. The molecule has 0 aliphatic heterocycles. The smallest absolute Gasteiger partial charge is 0.220 e. The zero-order valence-corrected chi connectivity index (χ0v) is 39.0. The van der Waals surface area contributed by atoms with Crippen molar-refractivity contribution in [2.75, 3.05) is 6.61 Å². The molecule has 4 heteroatoms. The van der Waals surface area contributed by atoms with Gasteiger partial charge in [-0.15, -0.1) is 0 Å². The van der Waals surface area contributed by atoms with Crippen LogP contribution < -0.4 is 5.32 Å². The van der Waals surface area contributed by atoms with Gasteiger partial charge in [-0.2, -0.15) is 0 Å². The predicted molar refractivity (Wildman–Crippen MR) is 262 cm³/mol. The second kappa shape index (κ2) is 49.9. The van der Waals surface area contributed by atoms with Gasteiger partial charge in [-0.1, -0.05) is 240 Å². The Morgan fingerprint density at radius 1 is 0.424 bits per heavy atom. The summed E-state index contributed by atoms with van der Waals surface area (Å²) in [5.74, 6) is -0.0759. The highest BCUT2D eigenvalue weighted by Gasteiger charge is 2.17. The monoisotopic (exact) mass is 820 g/mol. The Morgan fingerprint density at radius 2 is 0.763 bits per heavy atom. The van der Waals surface area contributed by atoms with Gasteiger partial charge < -0.3 is 15.5 Å². The Hall–Kier alpha value is -2.43. The molecule has 2 unspecified atom stereocenters. The zero-order valence-electron chi connectivity index (χ0n) is 39.0. The Labute approximate surface area is 367 Å². The third-order valence-electron chi connectivity index (χ3n) is 11.1. The van der Waals surface area contributed by atoms with Gasteiger partial charge in [0.15, 0.2) is 0 Å². The Balaban J connectivity index is 3.44. The molecule has 3 N–H and O–H groups in total. The van der Waals surface area contributed by atoms with Crippen molar-refractivity contribution in [3.05, 3.63) is 85.1 Å². The van der Waals surface area contributed by atoms with Crippen LogP contribution in [0.3, 0.4) is 0 Å². The number of rotatable bonds is 45. The largest absolute Gasteiger partial charge is 0.394 e. The van der Waals surface area contributed by atoms with Crippen LogP contribution in [0.25, 0.3) is 0 Å². The van der Waals surface area contributed by atoms with E-state index in [1.807, 2.05) is 6.08 Å². The van der Waals surface area contributed by atoms with Crippen molar-refractivity contribution in [3.63, 3.8) is 0 Å². The zero-order chi connectivity index (χ0) is 42.8. The van der Waals surface area contributed by atoms with Crippen molar-refractivity contribution < 1.29 is 15.0 Å². The third kappa shape index (κ3) is 46.5. The molecule has 0 aromatic heterocycles. The minimum atomic E-state index is -0.861. The fourth-order valence-corrected chi connectivity index (χ4v) is 7.28. The summed E-state index contributed by atoms with van der Waals surface area (Å²) in [5, 5.41) is 22.9. The molecule has 0 aromatic rings. The quantitative estimate of drug-likeness (QED) is 0.0423. The molecule has 0 spiro atoms. The first kappa shape index (κ1) is 56.6. The van der Waals surface area contributed by atoms with Gasteiger partial charge in [0, 0.05) is 6.42 Å². The van der Waals surface area contributed by atoms with Crippen LogP contribution in [0.1, 0.15) is 239 Å². The summed E-state index contributed by atoms with van der Waals surface area (Å²) in [6.07, 6.45) is 73.1. The van der Waals surface area contributed by atoms with E-state index < -0.39 is 12.1 Å². The maximum absolute atomic E-state index is 12.4. The van der Waals surface area contributed by atoms with E-state index in [1.165, 1.54) is 154 Å². The maximum atomic E-state index is 12.4. The summed E-state index contributed by atoms with van der Waals surface area (Å²) in [6.45, 7) is 4.14. The number of carbonyl (C=O) groups is 1. The molecule has 1 amide bonds. The summed E-state index contributed by atoms with van der Waals surface area (Å²) in [7, 11) is 0. The van der Waals surface area contributed by atoms with Gasteiger partial charge in [-0.25, -0.2) is 0 Å². The van der Waals surface area contributed by atoms with E-state index in [4.69, 9.17) is 0 Å². The molecule has 4 nitrogen and oxygen atoms in total. The van der Waals surface area contributed by atoms with E-state index >= 15 is 0 Å². The fourth-order valence-electron chi connectivity index (χ4n) is 7.28. The standard InChI is InChI=1S/C55H97NO3/c1-3-5-7-9-11-13-15-16-17-18-19-20-21-22-23-24-25-26-27-28-29-30-31-32-33-34-35-36-37-38-39-40-41-43-45-47-49-51-55(59)56-53(52-57)54(58)50-48-46-44-42-14-12-10-8-6-4-2/h5,7,11,13-14,16-17,19-20,22-23,42,48,50,53-54,57-58H,3-4,6,8-10,12,15,18,21,24-41,43-47,49,51-52H2,1-2H3,(H,56,59)/b7-5-,13-11-,17-16-,20-19-,23-22-,42-14+,50-48+. The number of aliphatic hydroxyl groups excluding tert-OH is 2. The number of hydrogen-bond donors (Lipinski definition) is 3. The van der Waals surface area contributed by atoms with E-state index in [9.17, 15) is 15.0 Å². The Bertz CT molecular complexity index is 1070. The summed E-state index contributed by atoms with van der Waals surface area (Å²) in [4.78, 5) is 12.4. The van der Waals surface area contributed by atoms with Gasteiger partial charge in [0.1, 0.15) is 0 Å². The summed E-state index contributed by atoms with van der Waals surface area (Å²) in [5.41, 5.74) is 0. The number of allylic oxidation sites excluding steroid dienone is 13. The molecule has 59 heavy (non-hydrogen) atoms. The van der Waals surface area contributed by atoms with Crippen LogP contribution in [0, 0.1) is 0 Å². The highest BCUT2D eigenvalue weighted by molar-refractivity contribution is 5.76. The lowest BCUT2D eigenvalue weighted by Crippen LogP contribution is -2.45. The highest BCUT2D eigenvalue weighted by atomic mass is 16.3. The minimum absolute atomic E-state index is 0.0759. The number of aliphatic hydroxyl groups is 2. The molecule has 0 aliphatic rings. The van der Waals surface area contributed by atoms with Crippen molar-refractivity contribution in [2.45, 2.75) is 251 Å². The van der Waals surface area contributed by atoms with Crippen molar-refractivity contribution >= 4 is 5.91 Å². The number of amides is 1. The lowest BCUT2D eigenvalue weighted by molar-refractivity contribution is -0.123. The first-order valence-corrected chi connectivity index (χ1v) is 25.3. The normalized spacial score (nSPS) is 13.6. The molecule has 0 radical (unpaired) electrons. The van der Waals surface area contributed by atoms with Gasteiger partial charge in [-0.05, 0) is 77.0 Å². The summed E-state index contributed by atoms with van der Waals surface area (Å²) < 4.78 is 0. The predicted octanol–water partition coefficient (Wildman–Crippen LogP) is 16.4. The molecular weight excluding hydrogens is 723 g/mol. The topological polar surface area (TPSA) is 69.6 Å².